The van der Waals surface area contributed by atoms with Gasteiger partial charge in [0.1, 0.15) is 0 Å². The molecule has 0 aromatic carbocycles. The number of hydrogen-bond acceptors (Lipinski definition) is 6. The molecule has 2 heterocycles. The summed E-state index contributed by atoms with van der Waals surface area (Å²) in [6, 6.07) is 0. The lowest BCUT2D eigenvalue weighted by molar-refractivity contribution is 0.116. The van der Waals surface area contributed by atoms with Crippen molar-refractivity contribution in [1.29, 1.82) is 0 Å². The minimum atomic E-state index is 0.0959. The number of rotatable bonds is 5. The van der Waals surface area contributed by atoms with Gasteiger partial charge >= 0.3 is 0 Å². The second-order valence-electron chi connectivity index (χ2n) is 4.88. The Hall–Kier alpha value is -1.01. The van der Waals surface area contributed by atoms with Crippen LogP contribution in [-0.2, 0) is 4.74 Å². The lowest BCUT2D eigenvalue weighted by atomic mass is 10.2. The molecular weight excluding hydrogens is 250 g/mol. The van der Waals surface area contributed by atoms with E-state index in [4.69, 9.17) is 15.2 Å². The van der Waals surface area contributed by atoms with Gasteiger partial charge in [0.25, 0.3) is 0 Å². The fraction of sp³-hybridized carbons (Fsp3) is 0.750. The Kier molecular flexibility index (Phi) is 4.29. The molecule has 1 unspecified atom stereocenters. The SMILES string of the molecule is CC(C)Oc1c(N)nsc1N(C)CC1CCCO1. The lowest BCUT2D eigenvalue weighted by Crippen LogP contribution is -2.28. The van der Waals surface area contributed by atoms with Gasteiger partial charge in [0.15, 0.2) is 16.6 Å². The van der Waals surface area contributed by atoms with Gasteiger partial charge in [-0.1, -0.05) is 0 Å². The summed E-state index contributed by atoms with van der Waals surface area (Å²) in [6.07, 6.45) is 2.68. The van der Waals surface area contributed by atoms with Crippen molar-refractivity contribution < 1.29 is 9.47 Å². The molecule has 0 amide bonds. The van der Waals surface area contributed by atoms with E-state index in [-0.39, 0.29) is 6.10 Å². The number of nitrogens with zero attached hydrogens (tertiary/aromatic N) is 2. The molecule has 1 aromatic rings. The highest BCUT2D eigenvalue weighted by Crippen LogP contribution is 2.38. The second kappa shape index (κ2) is 5.75. The van der Waals surface area contributed by atoms with Gasteiger partial charge in [0, 0.05) is 20.2 Å². The van der Waals surface area contributed by atoms with Crippen LogP contribution in [0.25, 0.3) is 0 Å². The van der Waals surface area contributed by atoms with Crippen molar-refractivity contribution in [3.63, 3.8) is 0 Å². The van der Waals surface area contributed by atoms with Crippen LogP contribution in [0.3, 0.4) is 0 Å². The zero-order valence-electron chi connectivity index (χ0n) is 11.2. The third-order valence-corrected chi connectivity index (χ3v) is 3.82. The highest BCUT2D eigenvalue weighted by molar-refractivity contribution is 7.11. The summed E-state index contributed by atoms with van der Waals surface area (Å²) in [4.78, 5) is 2.13. The molecule has 1 fully saturated rings. The van der Waals surface area contributed by atoms with E-state index >= 15 is 0 Å². The van der Waals surface area contributed by atoms with Gasteiger partial charge in [-0.2, -0.15) is 4.37 Å². The number of aromatic nitrogens is 1. The molecule has 0 radical (unpaired) electrons. The zero-order chi connectivity index (χ0) is 13.1. The molecule has 1 saturated heterocycles. The summed E-state index contributed by atoms with van der Waals surface area (Å²) in [5.74, 6) is 1.18. The van der Waals surface area contributed by atoms with Gasteiger partial charge in [-0.05, 0) is 38.2 Å². The van der Waals surface area contributed by atoms with Gasteiger partial charge in [0.2, 0.25) is 0 Å². The van der Waals surface area contributed by atoms with Gasteiger partial charge in [-0.3, -0.25) is 0 Å². The smallest absolute Gasteiger partial charge is 0.198 e. The first-order valence-corrected chi connectivity index (χ1v) is 7.09. The van der Waals surface area contributed by atoms with Crippen LogP contribution < -0.4 is 15.4 Å². The van der Waals surface area contributed by atoms with E-state index in [1.807, 2.05) is 20.9 Å². The van der Waals surface area contributed by atoms with Crippen molar-refractivity contribution in [2.45, 2.75) is 38.9 Å². The standard InChI is InChI=1S/C12H21N3O2S/c1-8(2)17-10-11(13)14-18-12(10)15(3)7-9-5-4-6-16-9/h8-9H,4-7H2,1-3H3,(H2,13,14). The number of hydrogen-bond donors (Lipinski definition) is 1. The molecule has 18 heavy (non-hydrogen) atoms. The largest absolute Gasteiger partial charge is 0.484 e. The summed E-state index contributed by atoms with van der Waals surface area (Å²) < 4.78 is 15.6. The van der Waals surface area contributed by atoms with Crippen LogP contribution in [-0.4, -0.2) is 36.8 Å². The maximum Gasteiger partial charge on any atom is 0.198 e. The molecule has 1 aliphatic heterocycles. The predicted molar refractivity (Wildman–Crippen MR) is 74.5 cm³/mol. The molecule has 2 N–H and O–H groups in total. The van der Waals surface area contributed by atoms with Gasteiger partial charge in [-0.15, -0.1) is 0 Å². The number of nitrogens with two attached hydrogens (primary N) is 1. The third kappa shape index (κ3) is 3.05. The van der Waals surface area contributed by atoms with E-state index in [1.165, 1.54) is 11.5 Å². The molecule has 1 aromatic heterocycles. The summed E-state index contributed by atoms with van der Waals surface area (Å²) in [5, 5.41) is 0.983. The highest BCUT2D eigenvalue weighted by Gasteiger charge is 2.22. The Labute approximate surface area is 112 Å². The van der Waals surface area contributed by atoms with Crippen molar-refractivity contribution in [2.75, 3.05) is 30.8 Å². The molecular formula is C12H21N3O2S. The molecule has 1 atom stereocenters. The summed E-state index contributed by atoms with van der Waals surface area (Å²) >= 11 is 1.38. The molecule has 0 aliphatic carbocycles. The van der Waals surface area contributed by atoms with E-state index in [0.29, 0.717) is 17.7 Å². The van der Waals surface area contributed by atoms with E-state index < -0.39 is 0 Å². The number of likely N-dealkylation sites (N-methyl/N-ethyl adjacent to an activating group) is 1. The lowest BCUT2D eigenvalue weighted by Gasteiger charge is -2.22. The number of nitrogen functional groups attached to an aromatic ring is 1. The summed E-state index contributed by atoms with van der Waals surface area (Å²) in [7, 11) is 2.03. The van der Waals surface area contributed by atoms with E-state index in [1.54, 1.807) is 0 Å². The monoisotopic (exact) mass is 271 g/mol. The molecule has 102 valence electrons. The molecule has 2 rings (SSSR count). The third-order valence-electron chi connectivity index (χ3n) is 2.86. The Balaban J connectivity index is 2.06. The zero-order valence-corrected chi connectivity index (χ0v) is 12.0. The van der Waals surface area contributed by atoms with Gasteiger partial charge in [-0.25, -0.2) is 0 Å². The molecule has 0 spiro atoms. The topological polar surface area (TPSA) is 60.6 Å². The Morgan fingerprint density at radius 1 is 1.61 bits per heavy atom. The van der Waals surface area contributed by atoms with E-state index in [2.05, 4.69) is 9.27 Å². The van der Waals surface area contributed by atoms with Crippen molar-refractivity contribution in [2.24, 2.45) is 0 Å². The Morgan fingerprint density at radius 3 is 3.00 bits per heavy atom. The quantitative estimate of drug-likeness (QED) is 0.889. The van der Waals surface area contributed by atoms with Crippen molar-refractivity contribution in [1.82, 2.24) is 4.37 Å². The summed E-state index contributed by atoms with van der Waals surface area (Å²) in [5.41, 5.74) is 5.85. The fourth-order valence-corrected chi connectivity index (χ4v) is 2.77. The number of ether oxygens (including phenoxy) is 2. The van der Waals surface area contributed by atoms with Gasteiger partial charge < -0.3 is 20.1 Å². The summed E-state index contributed by atoms with van der Waals surface area (Å²) in [6.45, 7) is 5.71. The van der Waals surface area contributed by atoms with Crippen LogP contribution in [0.5, 0.6) is 5.75 Å². The van der Waals surface area contributed by atoms with Crippen LogP contribution >= 0.6 is 11.5 Å². The number of anilines is 2. The molecule has 0 saturated carbocycles. The molecule has 0 bridgehead atoms. The molecule has 1 aliphatic rings. The van der Waals surface area contributed by atoms with Crippen molar-refractivity contribution >= 4 is 22.4 Å². The van der Waals surface area contributed by atoms with Crippen LogP contribution in [0.1, 0.15) is 26.7 Å². The molecule has 5 nitrogen and oxygen atoms in total. The van der Waals surface area contributed by atoms with Crippen LogP contribution in [0, 0.1) is 0 Å². The normalized spacial score (nSPS) is 19.4. The first-order valence-electron chi connectivity index (χ1n) is 6.32. The minimum Gasteiger partial charge on any atom is -0.484 e. The van der Waals surface area contributed by atoms with Crippen LogP contribution in [0.4, 0.5) is 10.8 Å². The first-order chi connectivity index (χ1) is 8.58. The maximum absolute atomic E-state index is 5.85. The van der Waals surface area contributed by atoms with E-state index in [0.717, 1.165) is 31.0 Å². The minimum absolute atomic E-state index is 0.0959. The highest BCUT2D eigenvalue weighted by atomic mass is 32.1. The van der Waals surface area contributed by atoms with Crippen LogP contribution in [0.15, 0.2) is 0 Å². The second-order valence-corrected chi connectivity index (χ2v) is 5.64. The average molecular weight is 271 g/mol. The Bertz CT molecular complexity index is 389. The average Bonchev–Trinajstić information content (AvgIpc) is 2.90. The first kappa shape index (κ1) is 13.4. The molecule has 6 heteroatoms. The predicted octanol–water partition coefficient (Wildman–Crippen LogP) is 2.13. The van der Waals surface area contributed by atoms with Crippen LogP contribution in [0.2, 0.25) is 0 Å². The van der Waals surface area contributed by atoms with E-state index in [9.17, 15) is 0 Å². The maximum atomic E-state index is 5.85. The van der Waals surface area contributed by atoms with Gasteiger partial charge in [0.05, 0.1) is 12.2 Å². The van der Waals surface area contributed by atoms with Crippen molar-refractivity contribution in [3.8, 4) is 5.75 Å². The Morgan fingerprint density at radius 2 is 2.39 bits per heavy atom. The van der Waals surface area contributed by atoms with Crippen molar-refractivity contribution in [3.05, 3.63) is 0 Å². The fourth-order valence-electron chi connectivity index (χ4n) is 2.05.